The molecular formula is C12H12ClNO4. The number of hydrogen-bond donors (Lipinski definition) is 1. The van der Waals surface area contributed by atoms with Crippen molar-refractivity contribution in [2.75, 3.05) is 11.5 Å². The Labute approximate surface area is 109 Å². The molecule has 18 heavy (non-hydrogen) atoms. The Bertz CT molecular complexity index is 477. The first kappa shape index (κ1) is 12.7. The van der Waals surface area contributed by atoms with E-state index in [1.165, 1.54) is 4.90 Å². The Morgan fingerprint density at radius 3 is 3.00 bits per heavy atom. The van der Waals surface area contributed by atoms with Gasteiger partial charge in [-0.2, -0.15) is 0 Å². The van der Waals surface area contributed by atoms with Gasteiger partial charge in [0, 0.05) is 17.1 Å². The molecule has 1 unspecified atom stereocenters. The van der Waals surface area contributed by atoms with Crippen molar-refractivity contribution in [1.82, 2.24) is 0 Å². The summed E-state index contributed by atoms with van der Waals surface area (Å²) in [6, 6.07) is 6.31. The highest BCUT2D eigenvalue weighted by molar-refractivity contribution is 6.30. The fourth-order valence-electron chi connectivity index (χ4n) is 1.97. The topological polar surface area (TPSA) is 66.8 Å². The van der Waals surface area contributed by atoms with Crippen LogP contribution in [-0.2, 0) is 9.53 Å². The largest absolute Gasteiger partial charge is 0.481 e. The second-order valence-corrected chi connectivity index (χ2v) is 4.44. The molecule has 0 aliphatic carbocycles. The fourth-order valence-corrected chi connectivity index (χ4v) is 2.15. The van der Waals surface area contributed by atoms with Crippen LogP contribution in [0.25, 0.3) is 0 Å². The van der Waals surface area contributed by atoms with E-state index in [1.54, 1.807) is 24.3 Å². The van der Waals surface area contributed by atoms with Crippen LogP contribution in [0.5, 0.6) is 0 Å². The van der Waals surface area contributed by atoms with Crippen LogP contribution in [0.1, 0.15) is 12.8 Å². The zero-order chi connectivity index (χ0) is 13.1. The number of ether oxygens (including phenoxy) is 1. The van der Waals surface area contributed by atoms with Crippen molar-refractivity contribution in [2.24, 2.45) is 0 Å². The molecular weight excluding hydrogens is 258 g/mol. The molecule has 0 aromatic heterocycles. The number of carboxylic acid groups (broad SMARTS) is 1. The number of anilines is 1. The normalized spacial score (nSPS) is 19.5. The summed E-state index contributed by atoms with van der Waals surface area (Å²) < 4.78 is 4.95. The number of amides is 1. The van der Waals surface area contributed by atoms with Crippen LogP contribution in [0, 0.1) is 0 Å². The molecule has 6 heteroatoms. The number of benzene rings is 1. The van der Waals surface area contributed by atoms with E-state index >= 15 is 0 Å². The summed E-state index contributed by atoms with van der Waals surface area (Å²) in [4.78, 5) is 23.9. The third kappa shape index (κ3) is 2.73. The summed E-state index contributed by atoms with van der Waals surface area (Å²) in [5, 5.41) is 9.35. The summed E-state index contributed by atoms with van der Waals surface area (Å²) in [7, 11) is 0. The van der Waals surface area contributed by atoms with Crippen molar-refractivity contribution in [3.05, 3.63) is 29.3 Å². The third-order valence-electron chi connectivity index (χ3n) is 2.74. The lowest BCUT2D eigenvalue weighted by molar-refractivity contribution is -0.137. The van der Waals surface area contributed by atoms with Crippen molar-refractivity contribution in [3.63, 3.8) is 0 Å². The average molecular weight is 270 g/mol. The monoisotopic (exact) mass is 269 g/mol. The van der Waals surface area contributed by atoms with Gasteiger partial charge in [-0.1, -0.05) is 17.7 Å². The summed E-state index contributed by atoms with van der Waals surface area (Å²) in [6.07, 6.45) is -0.152. The second kappa shape index (κ2) is 5.27. The van der Waals surface area contributed by atoms with Crippen LogP contribution in [0.4, 0.5) is 10.5 Å². The van der Waals surface area contributed by atoms with E-state index in [1.807, 2.05) is 0 Å². The number of nitrogens with zero attached hydrogens (tertiary/aromatic N) is 1. The maximum absolute atomic E-state index is 11.8. The summed E-state index contributed by atoms with van der Waals surface area (Å²) in [5.74, 6) is -0.943. The van der Waals surface area contributed by atoms with Crippen molar-refractivity contribution < 1.29 is 19.4 Å². The van der Waals surface area contributed by atoms with Gasteiger partial charge < -0.3 is 9.84 Å². The molecule has 1 saturated heterocycles. The van der Waals surface area contributed by atoms with Gasteiger partial charge in [0.25, 0.3) is 0 Å². The number of carbonyl (C=O) groups excluding carboxylic acids is 1. The molecule has 96 valence electrons. The lowest BCUT2D eigenvalue weighted by Gasteiger charge is -2.34. The Morgan fingerprint density at radius 2 is 2.33 bits per heavy atom. The lowest BCUT2D eigenvalue weighted by Crippen LogP contribution is -2.46. The molecule has 1 aliphatic rings. The molecule has 0 saturated carbocycles. The van der Waals surface area contributed by atoms with Crippen LogP contribution in [0.15, 0.2) is 24.3 Å². The van der Waals surface area contributed by atoms with Gasteiger partial charge in [0.1, 0.15) is 0 Å². The molecule has 1 aromatic carbocycles. The van der Waals surface area contributed by atoms with E-state index in [0.717, 1.165) is 0 Å². The Balaban J connectivity index is 2.29. The Kier molecular flexibility index (Phi) is 3.72. The minimum Gasteiger partial charge on any atom is -0.481 e. The number of halogens is 1. The molecule has 5 nitrogen and oxygen atoms in total. The van der Waals surface area contributed by atoms with Crippen LogP contribution < -0.4 is 4.90 Å². The first-order valence-electron chi connectivity index (χ1n) is 5.51. The van der Waals surface area contributed by atoms with Gasteiger partial charge in [0.2, 0.25) is 0 Å². The van der Waals surface area contributed by atoms with Crippen molar-refractivity contribution >= 4 is 29.4 Å². The second-order valence-electron chi connectivity index (χ2n) is 4.00. The summed E-state index contributed by atoms with van der Waals surface area (Å²) >= 11 is 5.87. The molecule has 1 aromatic rings. The number of cyclic esters (lactones) is 1. The molecule has 1 amide bonds. The van der Waals surface area contributed by atoms with Gasteiger partial charge in [-0.05, 0) is 18.2 Å². The SMILES string of the molecule is O=C(O)CC1CCOC(=O)N1c1cccc(Cl)c1. The number of rotatable bonds is 3. The van der Waals surface area contributed by atoms with Gasteiger partial charge in [0.15, 0.2) is 0 Å². The van der Waals surface area contributed by atoms with Gasteiger partial charge in [-0.25, -0.2) is 4.79 Å². The van der Waals surface area contributed by atoms with Crippen LogP contribution in [0.3, 0.4) is 0 Å². The zero-order valence-corrected chi connectivity index (χ0v) is 10.3. The third-order valence-corrected chi connectivity index (χ3v) is 2.97. The van der Waals surface area contributed by atoms with E-state index in [4.69, 9.17) is 21.4 Å². The first-order chi connectivity index (χ1) is 8.58. The van der Waals surface area contributed by atoms with Crippen molar-refractivity contribution in [2.45, 2.75) is 18.9 Å². The van der Waals surface area contributed by atoms with Crippen LogP contribution in [0.2, 0.25) is 5.02 Å². The number of hydrogen-bond acceptors (Lipinski definition) is 3. The quantitative estimate of drug-likeness (QED) is 0.916. The highest BCUT2D eigenvalue weighted by Gasteiger charge is 2.32. The Morgan fingerprint density at radius 1 is 1.56 bits per heavy atom. The van der Waals surface area contributed by atoms with Crippen molar-refractivity contribution in [1.29, 1.82) is 0 Å². The van der Waals surface area contributed by atoms with Gasteiger partial charge in [-0.15, -0.1) is 0 Å². The molecule has 1 fully saturated rings. The molecule has 1 atom stereocenters. The molecule has 0 radical (unpaired) electrons. The van der Waals surface area contributed by atoms with E-state index in [0.29, 0.717) is 17.1 Å². The average Bonchev–Trinajstić information content (AvgIpc) is 2.28. The Hall–Kier alpha value is -1.75. The molecule has 1 heterocycles. The predicted molar refractivity (Wildman–Crippen MR) is 65.9 cm³/mol. The molecule has 0 spiro atoms. The van der Waals surface area contributed by atoms with Gasteiger partial charge in [0.05, 0.1) is 19.1 Å². The maximum atomic E-state index is 11.8. The number of aliphatic carboxylic acids is 1. The lowest BCUT2D eigenvalue weighted by atomic mass is 10.1. The predicted octanol–water partition coefficient (Wildman–Crippen LogP) is 2.53. The number of carbonyl (C=O) groups is 2. The molecule has 1 N–H and O–H groups in total. The minimum absolute atomic E-state index is 0.110. The molecule has 0 bridgehead atoms. The van der Waals surface area contributed by atoms with Gasteiger partial charge >= 0.3 is 12.1 Å². The highest BCUT2D eigenvalue weighted by atomic mass is 35.5. The van der Waals surface area contributed by atoms with Gasteiger partial charge in [-0.3, -0.25) is 9.69 Å². The summed E-state index contributed by atoms with van der Waals surface area (Å²) in [6.45, 7) is 0.244. The van der Waals surface area contributed by atoms with Crippen molar-refractivity contribution in [3.8, 4) is 0 Å². The maximum Gasteiger partial charge on any atom is 0.414 e. The van der Waals surface area contributed by atoms with E-state index in [2.05, 4.69) is 0 Å². The zero-order valence-electron chi connectivity index (χ0n) is 9.51. The fraction of sp³-hybridized carbons (Fsp3) is 0.333. The van der Waals surface area contributed by atoms with Crippen LogP contribution >= 0.6 is 11.6 Å². The molecule has 2 rings (SSSR count). The smallest absolute Gasteiger partial charge is 0.414 e. The standard InChI is InChI=1S/C12H12ClNO4/c13-8-2-1-3-9(6-8)14-10(7-11(15)16)4-5-18-12(14)17/h1-3,6,10H,4-5,7H2,(H,15,16). The van der Waals surface area contributed by atoms with E-state index < -0.39 is 18.1 Å². The highest BCUT2D eigenvalue weighted by Crippen LogP contribution is 2.27. The van der Waals surface area contributed by atoms with E-state index in [-0.39, 0.29) is 13.0 Å². The van der Waals surface area contributed by atoms with E-state index in [9.17, 15) is 9.59 Å². The summed E-state index contributed by atoms with van der Waals surface area (Å²) in [5.41, 5.74) is 0.554. The van der Waals surface area contributed by atoms with Crippen LogP contribution in [-0.4, -0.2) is 29.8 Å². The first-order valence-corrected chi connectivity index (χ1v) is 5.89. The molecule has 1 aliphatic heterocycles. The minimum atomic E-state index is -0.943. The number of carboxylic acids is 1.